The van der Waals surface area contributed by atoms with Crippen molar-refractivity contribution in [2.24, 2.45) is 0 Å². The lowest BCUT2D eigenvalue weighted by Crippen LogP contribution is -2.45. The van der Waals surface area contributed by atoms with Crippen LogP contribution in [0.3, 0.4) is 0 Å². The van der Waals surface area contributed by atoms with E-state index >= 15 is 0 Å². The molecule has 3 N–H and O–H groups in total. The van der Waals surface area contributed by atoms with Gasteiger partial charge in [0.1, 0.15) is 0 Å². The molecule has 0 fully saturated rings. The Kier molecular flexibility index (Phi) is 4.89. The average molecular weight is 378 g/mol. The molecule has 0 radical (unpaired) electrons. The smallest absolute Gasteiger partial charge is 0.255 e. The third-order valence-electron chi connectivity index (χ3n) is 3.77. The Hall–Kier alpha value is -1.89. The van der Waals surface area contributed by atoms with Gasteiger partial charge in [-0.15, -0.1) is 11.3 Å². The number of allylic oxidation sites excluding steroid dienone is 1. The summed E-state index contributed by atoms with van der Waals surface area (Å²) in [6, 6.07) is 9.14. The molecular weight excluding hydrogens is 362 g/mol. The number of aryl methyl sites for hydroxylation is 1. The van der Waals surface area contributed by atoms with E-state index in [2.05, 4.69) is 16.0 Å². The summed E-state index contributed by atoms with van der Waals surface area (Å²) in [7, 11) is 0. The molecule has 0 spiro atoms. The Balaban J connectivity index is 1.91. The zero-order valence-electron chi connectivity index (χ0n) is 13.1. The molecule has 7 heteroatoms. The molecule has 124 valence electrons. The number of hydrogen-bond donors (Lipinski definition) is 3. The summed E-state index contributed by atoms with van der Waals surface area (Å²) in [5, 5.41) is 12.2. The molecule has 0 saturated heterocycles. The zero-order chi connectivity index (χ0) is 17.3. The Morgan fingerprint density at radius 3 is 2.79 bits per heavy atom. The van der Waals surface area contributed by atoms with Crippen molar-refractivity contribution >= 4 is 51.9 Å². The summed E-state index contributed by atoms with van der Waals surface area (Å²) in [6.07, 6.45) is 0. The van der Waals surface area contributed by atoms with Crippen LogP contribution >= 0.6 is 35.2 Å². The molecule has 2 heterocycles. The van der Waals surface area contributed by atoms with E-state index in [9.17, 15) is 4.79 Å². The lowest BCUT2D eigenvalue weighted by atomic mass is 10.0. The third kappa shape index (κ3) is 3.45. The van der Waals surface area contributed by atoms with Crippen LogP contribution in [0.15, 0.2) is 47.0 Å². The molecule has 1 aromatic carbocycles. The highest BCUT2D eigenvalue weighted by atomic mass is 35.5. The van der Waals surface area contributed by atoms with Crippen molar-refractivity contribution in [3.63, 3.8) is 0 Å². The molecule has 3 rings (SSSR count). The Morgan fingerprint density at radius 2 is 2.12 bits per heavy atom. The molecule has 1 aliphatic rings. The van der Waals surface area contributed by atoms with Gasteiger partial charge in [0.25, 0.3) is 5.91 Å². The number of thiophene rings is 1. The maximum atomic E-state index is 12.9. The zero-order valence-corrected chi connectivity index (χ0v) is 15.5. The van der Waals surface area contributed by atoms with Gasteiger partial charge in [-0.05, 0) is 55.2 Å². The second-order valence-electron chi connectivity index (χ2n) is 5.50. The van der Waals surface area contributed by atoms with E-state index in [1.54, 1.807) is 17.4 Å². The Bertz CT molecular complexity index is 830. The molecule has 24 heavy (non-hydrogen) atoms. The van der Waals surface area contributed by atoms with Crippen molar-refractivity contribution < 1.29 is 4.79 Å². The number of halogens is 1. The van der Waals surface area contributed by atoms with Crippen molar-refractivity contribution in [1.29, 1.82) is 0 Å². The van der Waals surface area contributed by atoms with Gasteiger partial charge in [0, 0.05) is 21.3 Å². The van der Waals surface area contributed by atoms with Crippen molar-refractivity contribution in [1.82, 2.24) is 10.6 Å². The number of hydrogen-bond acceptors (Lipinski definition) is 3. The standard InChI is InChI=1S/C17H16ClN3OS2/c1-9-5-6-11(8-12(9)18)20-16(22)14-10(2)19-17(23)21-15(14)13-4-3-7-24-13/h3-8,15H,1-2H3,(H,20,22)(H2,19,21,23). The summed E-state index contributed by atoms with van der Waals surface area (Å²) < 4.78 is 0. The van der Waals surface area contributed by atoms with Crippen LogP contribution in [-0.2, 0) is 4.79 Å². The maximum absolute atomic E-state index is 12.9. The quantitative estimate of drug-likeness (QED) is 0.703. The number of amides is 1. The van der Waals surface area contributed by atoms with E-state index in [0.29, 0.717) is 21.4 Å². The van der Waals surface area contributed by atoms with Crippen molar-refractivity contribution in [2.45, 2.75) is 19.9 Å². The van der Waals surface area contributed by atoms with Gasteiger partial charge in [-0.3, -0.25) is 4.79 Å². The summed E-state index contributed by atoms with van der Waals surface area (Å²) in [4.78, 5) is 13.9. The first-order valence-corrected chi connectivity index (χ1v) is 9.01. The van der Waals surface area contributed by atoms with Gasteiger partial charge < -0.3 is 16.0 Å². The first-order valence-electron chi connectivity index (χ1n) is 7.35. The minimum atomic E-state index is -0.264. The Morgan fingerprint density at radius 1 is 1.33 bits per heavy atom. The molecule has 1 unspecified atom stereocenters. The number of benzene rings is 1. The van der Waals surface area contributed by atoms with Crippen LogP contribution in [0.25, 0.3) is 0 Å². The van der Waals surface area contributed by atoms with Gasteiger partial charge in [-0.1, -0.05) is 23.7 Å². The van der Waals surface area contributed by atoms with E-state index in [-0.39, 0.29) is 11.9 Å². The summed E-state index contributed by atoms with van der Waals surface area (Å²) >= 11 is 13.0. The van der Waals surface area contributed by atoms with Gasteiger partial charge in [-0.25, -0.2) is 0 Å². The maximum Gasteiger partial charge on any atom is 0.255 e. The molecule has 4 nitrogen and oxygen atoms in total. The lowest BCUT2D eigenvalue weighted by Gasteiger charge is -2.29. The SMILES string of the molecule is CC1=C(C(=O)Nc2ccc(C)c(Cl)c2)C(c2cccs2)NC(=S)N1. The molecule has 0 bridgehead atoms. The topological polar surface area (TPSA) is 53.2 Å². The predicted molar refractivity (Wildman–Crippen MR) is 103 cm³/mol. The molecule has 0 aliphatic carbocycles. The number of nitrogens with one attached hydrogen (secondary N) is 3. The monoisotopic (exact) mass is 377 g/mol. The minimum absolute atomic E-state index is 0.187. The molecule has 1 aliphatic heterocycles. The first-order chi connectivity index (χ1) is 11.5. The first kappa shape index (κ1) is 17.0. The van der Waals surface area contributed by atoms with Crippen LogP contribution in [0, 0.1) is 6.92 Å². The van der Waals surface area contributed by atoms with E-state index in [1.165, 1.54) is 0 Å². The second-order valence-corrected chi connectivity index (χ2v) is 7.30. The van der Waals surface area contributed by atoms with Crippen molar-refractivity contribution in [3.8, 4) is 0 Å². The van der Waals surface area contributed by atoms with Crippen LogP contribution in [0.4, 0.5) is 5.69 Å². The summed E-state index contributed by atoms with van der Waals surface area (Å²) in [5.41, 5.74) is 2.98. The van der Waals surface area contributed by atoms with Crippen molar-refractivity contribution in [2.75, 3.05) is 5.32 Å². The van der Waals surface area contributed by atoms with Crippen molar-refractivity contribution in [3.05, 3.63) is 62.4 Å². The van der Waals surface area contributed by atoms with Gasteiger partial charge in [0.2, 0.25) is 0 Å². The van der Waals surface area contributed by atoms with Crippen LogP contribution in [0.5, 0.6) is 0 Å². The fraction of sp³-hybridized carbons (Fsp3) is 0.176. The highest BCUT2D eigenvalue weighted by Crippen LogP contribution is 2.31. The Labute approximate surface area is 154 Å². The predicted octanol–water partition coefficient (Wildman–Crippen LogP) is 4.14. The van der Waals surface area contributed by atoms with E-state index in [4.69, 9.17) is 23.8 Å². The second kappa shape index (κ2) is 6.93. The van der Waals surface area contributed by atoms with Gasteiger partial charge in [0.05, 0.1) is 11.6 Å². The molecule has 1 aromatic heterocycles. The molecular formula is C17H16ClN3OS2. The third-order valence-corrected chi connectivity index (χ3v) is 5.34. The number of carbonyl (C=O) groups is 1. The molecule has 0 saturated carbocycles. The number of rotatable bonds is 3. The van der Waals surface area contributed by atoms with Gasteiger partial charge in [0.15, 0.2) is 5.11 Å². The number of carbonyl (C=O) groups excluding carboxylic acids is 1. The molecule has 2 aromatic rings. The number of anilines is 1. The van der Waals surface area contributed by atoms with Crippen LogP contribution in [0.2, 0.25) is 5.02 Å². The average Bonchev–Trinajstić information content (AvgIpc) is 3.04. The fourth-order valence-corrected chi connectivity index (χ4v) is 3.77. The van der Waals surface area contributed by atoms with Crippen LogP contribution in [0.1, 0.15) is 23.4 Å². The molecule has 1 atom stereocenters. The van der Waals surface area contributed by atoms with E-state index in [1.807, 2.05) is 43.5 Å². The minimum Gasteiger partial charge on any atom is -0.350 e. The van der Waals surface area contributed by atoms with Gasteiger partial charge >= 0.3 is 0 Å². The molecule has 1 amide bonds. The van der Waals surface area contributed by atoms with Crippen LogP contribution in [-0.4, -0.2) is 11.0 Å². The lowest BCUT2D eigenvalue weighted by molar-refractivity contribution is -0.113. The summed E-state index contributed by atoms with van der Waals surface area (Å²) in [5.74, 6) is -0.187. The van der Waals surface area contributed by atoms with E-state index < -0.39 is 0 Å². The highest BCUT2D eigenvalue weighted by Gasteiger charge is 2.30. The number of thiocarbonyl (C=S) groups is 1. The van der Waals surface area contributed by atoms with Crippen LogP contribution < -0.4 is 16.0 Å². The summed E-state index contributed by atoms with van der Waals surface area (Å²) in [6.45, 7) is 3.77. The van der Waals surface area contributed by atoms with E-state index in [0.717, 1.165) is 16.1 Å². The van der Waals surface area contributed by atoms with Gasteiger partial charge in [-0.2, -0.15) is 0 Å². The fourth-order valence-electron chi connectivity index (χ4n) is 2.53. The largest absolute Gasteiger partial charge is 0.350 e. The highest BCUT2D eigenvalue weighted by molar-refractivity contribution is 7.80. The normalized spacial score (nSPS) is 17.3.